The molecule has 1 aliphatic heterocycles. The van der Waals surface area contributed by atoms with Gasteiger partial charge in [-0.1, -0.05) is 0 Å². The highest BCUT2D eigenvalue weighted by Gasteiger charge is 2.25. The van der Waals surface area contributed by atoms with Gasteiger partial charge < -0.3 is 5.32 Å². The van der Waals surface area contributed by atoms with E-state index in [0.29, 0.717) is 11.4 Å². The van der Waals surface area contributed by atoms with Gasteiger partial charge in [0.05, 0.1) is 21.5 Å². The number of carbonyl (C=O) groups is 1. The molecule has 1 atom stereocenters. The maximum atomic E-state index is 12.3. The molecule has 0 unspecified atom stereocenters. The molecule has 24 heavy (non-hydrogen) atoms. The van der Waals surface area contributed by atoms with Crippen LogP contribution in [0.1, 0.15) is 22.1 Å². The average molecular weight is 328 g/mol. The number of non-ortho nitro benzene ring substituents is 2. The fraction of sp³-hybridized carbons (Fsp3) is 0.0769. The maximum Gasteiger partial charge on any atom is 0.277 e. The third-order valence-electron chi connectivity index (χ3n) is 3.23. The lowest BCUT2D eigenvalue weighted by Crippen LogP contribution is -2.26. The summed E-state index contributed by atoms with van der Waals surface area (Å²) in [6, 6.07) is 6.01. The van der Waals surface area contributed by atoms with Crippen LogP contribution in [0.25, 0.3) is 0 Å². The van der Waals surface area contributed by atoms with Crippen molar-refractivity contribution in [2.75, 3.05) is 0 Å². The monoisotopic (exact) mass is 328 g/mol. The van der Waals surface area contributed by atoms with Crippen LogP contribution in [0.5, 0.6) is 0 Å². The Labute approximate surface area is 133 Å². The quantitative estimate of drug-likeness (QED) is 0.671. The van der Waals surface area contributed by atoms with Crippen LogP contribution in [-0.4, -0.2) is 20.7 Å². The van der Waals surface area contributed by atoms with Crippen molar-refractivity contribution in [3.63, 3.8) is 0 Å². The zero-order valence-electron chi connectivity index (χ0n) is 11.8. The van der Waals surface area contributed by atoms with Crippen molar-refractivity contribution < 1.29 is 14.6 Å². The number of nitro benzene ring substituents is 2. The van der Waals surface area contributed by atoms with Crippen LogP contribution in [0.15, 0.2) is 46.8 Å². The van der Waals surface area contributed by atoms with E-state index in [4.69, 9.17) is 0 Å². The van der Waals surface area contributed by atoms with Crippen molar-refractivity contribution in [2.24, 2.45) is 10.2 Å². The third kappa shape index (κ3) is 2.77. The van der Waals surface area contributed by atoms with Gasteiger partial charge in [-0.05, 0) is 12.1 Å². The number of rotatable bonds is 4. The molecule has 1 aromatic heterocycles. The van der Waals surface area contributed by atoms with Gasteiger partial charge in [0.15, 0.2) is 12.0 Å². The molecule has 0 fully saturated rings. The fourth-order valence-corrected chi connectivity index (χ4v) is 2.13. The van der Waals surface area contributed by atoms with Gasteiger partial charge in [-0.3, -0.25) is 25.0 Å². The van der Waals surface area contributed by atoms with Gasteiger partial charge in [0.25, 0.3) is 17.3 Å². The number of hydrogen-bond acceptors (Lipinski definition) is 8. The molecule has 0 saturated heterocycles. The summed E-state index contributed by atoms with van der Waals surface area (Å²) in [5, 5.41) is 31.9. The second kappa shape index (κ2) is 5.79. The lowest BCUT2D eigenvalue weighted by Gasteiger charge is -2.10. The summed E-state index contributed by atoms with van der Waals surface area (Å²) in [6.07, 6.45) is 0.714. The van der Waals surface area contributed by atoms with Crippen LogP contribution in [0.4, 0.5) is 17.2 Å². The van der Waals surface area contributed by atoms with Crippen molar-refractivity contribution >= 4 is 23.1 Å². The summed E-state index contributed by atoms with van der Waals surface area (Å²) < 4.78 is 0. The summed E-state index contributed by atoms with van der Waals surface area (Å²) >= 11 is 0. The first-order valence-corrected chi connectivity index (χ1v) is 6.56. The lowest BCUT2D eigenvalue weighted by atomic mass is 10.1. The molecule has 2 aromatic rings. The number of hydrogen-bond donors (Lipinski definition) is 1. The van der Waals surface area contributed by atoms with E-state index in [1.165, 1.54) is 6.20 Å². The molecule has 0 bridgehead atoms. The van der Waals surface area contributed by atoms with Crippen LogP contribution in [0.2, 0.25) is 0 Å². The van der Waals surface area contributed by atoms with E-state index in [9.17, 15) is 25.0 Å². The molecule has 0 spiro atoms. The first kappa shape index (κ1) is 15.1. The average Bonchev–Trinajstić information content (AvgIpc) is 2.97. The molecule has 0 saturated carbocycles. The largest absolute Gasteiger partial charge is 0.325 e. The molecule has 120 valence electrons. The summed E-state index contributed by atoms with van der Waals surface area (Å²) in [5.74, 6) is -0.393. The Morgan fingerprint density at radius 1 is 1.12 bits per heavy atom. The minimum Gasteiger partial charge on any atom is -0.325 e. The summed E-state index contributed by atoms with van der Waals surface area (Å²) in [4.78, 5) is 36.4. The van der Waals surface area contributed by atoms with Crippen LogP contribution in [-0.2, 0) is 0 Å². The highest BCUT2D eigenvalue weighted by molar-refractivity contribution is 5.96. The SMILES string of the molecule is O=C(N[C@@H]1N=Nc2ncccc21)c1cc([N+](=O)[O-])cc([N+](=O)[O-])c1. The maximum absolute atomic E-state index is 12.3. The Morgan fingerprint density at radius 3 is 2.42 bits per heavy atom. The second-order valence-corrected chi connectivity index (χ2v) is 4.76. The Balaban J connectivity index is 1.89. The van der Waals surface area contributed by atoms with Crippen molar-refractivity contribution in [2.45, 2.75) is 6.17 Å². The molecule has 1 amide bonds. The molecular weight excluding hydrogens is 320 g/mol. The second-order valence-electron chi connectivity index (χ2n) is 4.76. The van der Waals surface area contributed by atoms with Gasteiger partial charge in [0, 0.05) is 23.9 Å². The van der Waals surface area contributed by atoms with Gasteiger partial charge in [-0.2, -0.15) is 5.11 Å². The number of benzene rings is 1. The van der Waals surface area contributed by atoms with Crippen molar-refractivity contribution in [1.29, 1.82) is 0 Å². The highest BCUT2D eigenvalue weighted by atomic mass is 16.6. The molecule has 2 heterocycles. The van der Waals surface area contributed by atoms with E-state index < -0.39 is 33.3 Å². The van der Waals surface area contributed by atoms with Crippen LogP contribution in [0, 0.1) is 20.2 Å². The predicted octanol–water partition coefficient (Wildman–Crippen LogP) is 2.42. The van der Waals surface area contributed by atoms with Gasteiger partial charge in [0.2, 0.25) is 0 Å². The number of amides is 1. The molecular formula is C13H8N6O5. The Hall–Kier alpha value is -3.76. The molecule has 1 aromatic carbocycles. The zero-order valence-corrected chi connectivity index (χ0v) is 11.8. The molecule has 11 heteroatoms. The number of pyridine rings is 1. The minimum atomic E-state index is -0.807. The molecule has 1 N–H and O–H groups in total. The summed E-state index contributed by atoms with van der Waals surface area (Å²) in [7, 11) is 0. The Kier molecular flexibility index (Phi) is 3.66. The van der Waals surface area contributed by atoms with Crippen molar-refractivity contribution in [3.8, 4) is 0 Å². The Bertz CT molecular complexity index is 864. The first-order chi connectivity index (χ1) is 11.5. The third-order valence-corrected chi connectivity index (χ3v) is 3.23. The smallest absolute Gasteiger partial charge is 0.277 e. The van der Waals surface area contributed by atoms with Gasteiger partial charge in [-0.15, -0.1) is 5.11 Å². The Morgan fingerprint density at radius 2 is 1.79 bits per heavy atom. The topological polar surface area (TPSA) is 153 Å². The molecule has 11 nitrogen and oxygen atoms in total. The number of carbonyl (C=O) groups excluding carboxylic acids is 1. The lowest BCUT2D eigenvalue weighted by molar-refractivity contribution is -0.394. The van der Waals surface area contributed by atoms with Crippen LogP contribution in [0.3, 0.4) is 0 Å². The first-order valence-electron chi connectivity index (χ1n) is 6.56. The van der Waals surface area contributed by atoms with E-state index in [1.54, 1.807) is 12.1 Å². The van der Waals surface area contributed by atoms with Gasteiger partial charge in [0.1, 0.15) is 0 Å². The minimum absolute atomic E-state index is 0.219. The predicted molar refractivity (Wildman–Crippen MR) is 78.7 cm³/mol. The highest BCUT2D eigenvalue weighted by Crippen LogP contribution is 2.32. The summed E-state index contributed by atoms with van der Waals surface area (Å²) in [6.45, 7) is 0. The number of fused-ring (bicyclic) bond motifs is 1. The number of nitro groups is 2. The van der Waals surface area contributed by atoms with E-state index in [1.807, 2.05) is 0 Å². The molecule has 0 radical (unpaired) electrons. The molecule has 1 aliphatic rings. The van der Waals surface area contributed by atoms with E-state index >= 15 is 0 Å². The normalized spacial score (nSPS) is 14.9. The van der Waals surface area contributed by atoms with Gasteiger partial charge >= 0.3 is 0 Å². The van der Waals surface area contributed by atoms with E-state index in [-0.39, 0.29) is 5.56 Å². The van der Waals surface area contributed by atoms with E-state index in [0.717, 1.165) is 18.2 Å². The van der Waals surface area contributed by atoms with Crippen LogP contribution >= 0.6 is 0 Å². The summed E-state index contributed by atoms with van der Waals surface area (Å²) in [5.41, 5.74) is -0.761. The van der Waals surface area contributed by atoms with Crippen molar-refractivity contribution in [1.82, 2.24) is 10.3 Å². The number of azo groups is 1. The number of aromatic nitrogens is 1. The standard InChI is InChI=1S/C13H8N6O5/c20-13(15-12-10-2-1-3-14-11(10)16-17-12)7-4-8(18(21)22)6-9(5-7)19(23)24/h1-6,12H,(H,15,20)/t12-/m1/s1. The van der Waals surface area contributed by atoms with Crippen molar-refractivity contribution in [3.05, 3.63) is 67.9 Å². The zero-order chi connectivity index (χ0) is 17.3. The number of nitrogens with zero attached hydrogens (tertiary/aromatic N) is 5. The van der Waals surface area contributed by atoms with Crippen LogP contribution < -0.4 is 5.32 Å². The number of nitrogens with one attached hydrogen (secondary N) is 1. The fourth-order valence-electron chi connectivity index (χ4n) is 2.13. The van der Waals surface area contributed by atoms with Gasteiger partial charge in [-0.25, -0.2) is 4.98 Å². The molecule has 3 rings (SSSR count). The molecule has 0 aliphatic carbocycles. The van der Waals surface area contributed by atoms with E-state index in [2.05, 4.69) is 20.5 Å².